The lowest BCUT2D eigenvalue weighted by Crippen LogP contribution is -2.65. The van der Waals surface area contributed by atoms with Gasteiger partial charge in [0.15, 0.2) is 36.2 Å². The summed E-state index contributed by atoms with van der Waals surface area (Å²) >= 11 is 20.9. The molecule has 15 rings (SSSR count). The number of benzene rings is 7. The van der Waals surface area contributed by atoms with Crippen LogP contribution < -0.4 is 73.5 Å². The summed E-state index contributed by atoms with van der Waals surface area (Å²) in [5.41, 5.74) is 8.57. The number of fused-ring (bicyclic) bond motifs is 15. The molecule has 0 spiro atoms. The molecule has 768 valence electrons. The Morgan fingerprint density at radius 1 is 0.641 bits per heavy atom. The molecule has 11 bridgehead atoms. The van der Waals surface area contributed by atoms with E-state index in [1.54, 1.807) is 32.9 Å². The van der Waals surface area contributed by atoms with Gasteiger partial charge in [0.05, 0.1) is 53.5 Å². The number of aromatic hydroxyl groups is 3. The third kappa shape index (κ3) is 24.3. The number of rotatable bonds is 26. The first kappa shape index (κ1) is 108. The third-order valence-electron chi connectivity index (χ3n) is 25.0. The number of carbonyl (C=O) groups is 9. The highest BCUT2D eigenvalue weighted by Gasteiger charge is 2.60. The second-order valence-electron chi connectivity index (χ2n) is 35.9. The number of alkyl carbamates (subject to hydrolysis) is 1. The molecular weight excluding hydrogens is 1980 g/mol. The zero-order valence-electron chi connectivity index (χ0n) is 76.6. The first-order valence-electron chi connectivity index (χ1n) is 44.3. The molecule has 46 nitrogen and oxygen atoms in total. The number of amides is 8. The normalized spacial score (nSPS) is 27.9. The van der Waals surface area contributed by atoms with Gasteiger partial charge < -0.3 is 177 Å². The number of ether oxygens (including phenoxy) is 10. The van der Waals surface area contributed by atoms with E-state index in [4.69, 9.17) is 93.6 Å². The Hall–Kier alpha value is -11.1. The van der Waals surface area contributed by atoms with Crippen LogP contribution in [0.3, 0.4) is 0 Å². The molecule has 8 aliphatic heterocycles. The summed E-state index contributed by atoms with van der Waals surface area (Å²) in [4.78, 5) is 176. The fourth-order valence-electron chi connectivity index (χ4n) is 17.2. The summed E-state index contributed by atoms with van der Waals surface area (Å²) in [6, 6.07) is 12.6. The van der Waals surface area contributed by atoms with Crippen molar-refractivity contribution in [3.8, 4) is 68.2 Å². The van der Waals surface area contributed by atoms with Crippen LogP contribution in [0.25, 0.3) is 22.3 Å². The highest BCUT2D eigenvalue weighted by atomic mass is 35.5. The average molecular weight is 2080 g/mol. The number of aliphatic hydroxyl groups excluding tert-OH is 6. The van der Waals surface area contributed by atoms with E-state index >= 15 is 28.8 Å². The van der Waals surface area contributed by atoms with E-state index in [1.165, 1.54) is 40.0 Å². The van der Waals surface area contributed by atoms with Crippen molar-refractivity contribution in [3.63, 3.8) is 0 Å². The predicted octanol–water partition coefficient (Wildman–Crippen LogP) is 3.03. The number of phenols is 3. The van der Waals surface area contributed by atoms with Crippen LogP contribution in [0.5, 0.6) is 46.0 Å². The monoisotopic (exact) mass is 2080 g/mol. The van der Waals surface area contributed by atoms with Crippen LogP contribution in [0.4, 0.5) is 4.79 Å². The molecule has 8 aliphatic rings. The molecule has 7 aromatic rings. The lowest BCUT2D eigenvalue weighted by atomic mass is 9.84. The van der Waals surface area contributed by atoms with Crippen LogP contribution in [0.2, 0.25) is 15.1 Å². The minimum atomic E-state index is -6.07. The first-order valence-corrected chi connectivity index (χ1v) is 48.7. The van der Waals surface area contributed by atoms with Gasteiger partial charge in [-0.25, -0.2) is 9.59 Å². The smallest absolute Gasteiger partial charge is 0.410 e. The van der Waals surface area contributed by atoms with Gasteiger partial charge in [0.2, 0.25) is 60.2 Å². The summed E-state index contributed by atoms with van der Waals surface area (Å²) in [5, 5.41) is 136. The first-order chi connectivity index (χ1) is 66.8. The van der Waals surface area contributed by atoms with Crippen LogP contribution >= 0.6 is 50.0 Å². The molecule has 19 unspecified atom stereocenters. The van der Waals surface area contributed by atoms with Crippen molar-refractivity contribution in [1.82, 2.24) is 47.9 Å². The zero-order chi connectivity index (χ0) is 104. The Balaban J connectivity index is 0.998. The predicted molar refractivity (Wildman–Crippen MR) is 497 cm³/mol. The summed E-state index contributed by atoms with van der Waals surface area (Å²) in [6.45, 7) is 6.06. The Kier molecular flexibility index (Phi) is 33.7. The number of aliphatic hydroxyl groups is 7. The number of nitrogens with two attached hydrogens (primary N) is 2. The van der Waals surface area contributed by atoms with Gasteiger partial charge in [-0.2, -0.15) is 0 Å². The van der Waals surface area contributed by atoms with Gasteiger partial charge in [-0.3, -0.25) is 42.7 Å². The van der Waals surface area contributed by atoms with E-state index in [-0.39, 0.29) is 36.4 Å². The number of hydrogen-bond acceptors (Lipinski definition) is 34. The Labute approximate surface area is 824 Å². The minimum Gasteiger partial charge on any atom is -0.508 e. The van der Waals surface area contributed by atoms with Gasteiger partial charge in [0.25, 0.3) is 5.08 Å². The molecule has 3 saturated heterocycles. The van der Waals surface area contributed by atoms with Crippen molar-refractivity contribution >= 4 is 103 Å². The molecule has 8 heterocycles. The lowest BCUT2D eigenvalue weighted by molar-refractivity contribution is -0.334. The molecule has 0 aromatic heterocycles. The number of carbonyl (C=O) groups excluding carboxylic acids is 9. The molecule has 8 amide bonds. The maximum atomic E-state index is 16.8. The fourth-order valence-corrected chi connectivity index (χ4v) is 20.0. The van der Waals surface area contributed by atoms with Crippen molar-refractivity contribution in [2.75, 3.05) is 27.0 Å². The topological polar surface area (TPSA) is 724 Å². The SMILES string of the molecule is CNC(CC(C)C)C(=O)NC1C(=O)NC(CC(N)=O)C(=O)NC2C(=O)NC3C(=O)NC(C(=O)N[C@@H](C(=O)OCOC(=O)NCCC(O)(P(=O)(O)O)P(=O)(O)O)c4cc(O)cc(O)c4-c4cc3ccc4O)[C@H](OC3CC(C)(N)C(O)C(C)O3)c3ccc(c(Cl)c3)Oc3cc2cc(c3OC2OC(CO)C(O)C(O)C2OC2CC(C)(NCc3ccc(-c4ccc(Cl)cc4)cc3)C(O)C(C)O2)Oc2ccc(cc2Cl)[C@@H]1O. The van der Waals surface area contributed by atoms with Gasteiger partial charge in [-0.05, 0) is 153 Å². The molecule has 22 atom stereocenters. The van der Waals surface area contributed by atoms with Crippen LogP contribution in [-0.4, -0.2) is 259 Å². The van der Waals surface area contributed by atoms with Crippen LogP contribution in [-0.2, 0) is 87.2 Å². The Bertz CT molecular complexity index is 5990. The van der Waals surface area contributed by atoms with Crippen molar-refractivity contribution < 1.29 is 170 Å². The molecule has 7 aromatic carbocycles. The number of primary amides is 1. The second-order valence-corrected chi connectivity index (χ2v) is 41.2. The van der Waals surface area contributed by atoms with Crippen LogP contribution in [0.1, 0.15) is 137 Å². The van der Waals surface area contributed by atoms with Crippen molar-refractivity contribution in [3.05, 3.63) is 176 Å². The summed E-state index contributed by atoms with van der Waals surface area (Å²) < 4.78 is 87.5. The Morgan fingerprint density at radius 2 is 1.23 bits per heavy atom. The van der Waals surface area contributed by atoms with E-state index in [9.17, 15) is 94.2 Å². The lowest BCUT2D eigenvalue weighted by Gasteiger charge is -2.48. The zero-order valence-corrected chi connectivity index (χ0v) is 80.7. The minimum absolute atomic E-state index is 0.152. The van der Waals surface area contributed by atoms with E-state index in [0.717, 1.165) is 77.4 Å². The van der Waals surface area contributed by atoms with E-state index in [0.29, 0.717) is 11.1 Å². The number of nitrogens with one attached hydrogen (secondary N) is 9. The molecule has 0 radical (unpaired) electrons. The van der Waals surface area contributed by atoms with Gasteiger partial charge in [0, 0.05) is 71.2 Å². The maximum absolute atomic E-state index is 16.8. The standard InChI is InChI=1S/C91H108Cl3N11O35P2/c1-38(2)24-54(97-7)80(116)104-70-72(111)45-15-20-58(52(93)26-45)135-60-28-47-29-61(76(60)140-87-77(74(113)73(112)62(36-106)137-87)139-65-34-90(6,79(115)40(4)134-65)99-35-41-8-10-42(11-9-41)43-12-17-48(92)18-13-43)136-59-21-16-46(27-53(59)94)75(138-64-33-89(5,96)78(114)39(3)133-64)71-85(121)103-69(86(122)131-37-132-88(123)98-23-22-91(124,141(125,126)127)142(128,129)130)51-30-49(107)31-57(109)66(51)50-25-44(14-19-56(50)108)67(82(118)105-71)102-83(119)68(47)101-81(117)55(32-63(95)110)100-84(70)120/h8-21,25-31,38-40,54-55,62,64-65,67-75,77-79,87,97,99,106-109,111-115,124H,22-24,32-37,96H2,1-7H3,(H2,95,110)(H,98,123)(H,100,120)(H,101,117)(H,102,119)(H,103,121)(H,104,116)(H,105,118)(H2,125,126,127)(H2,128,129,130)/t39?,40?,54?,55?,62?,64?,65?,67?,68?,69-,70?,71?,72+,73?,74?,75-,77?,78?,79?,87?,89?,90?/m1/s1. The number of likely N-dealkylation sites (N-methyl/N-ethyl adjacent to an activating group) is 1. The summed E-state index contributed by atoms with van der Waals surface area (Å²) in [6.07, 6.45) is -27.4. The molecule has 0 saturated carbocycles. The fraction of sp³-hybridized carbons (Fsp3) is 0.440. The van der Waals surface area contributed by atoms with E-state index < -0.39 is 330 Å². The highest BCUT2D eigenvalue weighted by molar-refractivity contribution is 7.72. The molecule has 0 aliphatic carbocycles. The quantitative estimate of drug-likeness (QED) is 0.0210. The third-order valence-corrected chi connectivity index (χ3v) is 29.7. The van der Waals surface area contributed by atoms with Crippen molar-refractivity contribution in [2.24, 2.45) is 17.4 Å². The van der Waals surface area contributed by atoms with Crippen LogP contribution in [0, 0.1) is 5.92 Å². The van der Waals surface area contributed by atoms with Gasteiger partial charge in [-0.15, -0.1) is 0 Å². The molecular formula is C91H108Cl3N11O35P2. The number of esters is 1. The number of halogens is 3. The van der Waals surface area contributed by atoms with Crippen LogP contribution in [0.15, 0.2) is 127 Å². The summed E-state index contributed by atoms with van der Waals surface area (Å²) in [5.74, 6) is -17.5. The second kappa shape index (κ2) is 44.3. The molecule has 3 fully saturated rings. The largest absolute Gasteiger partial charge is 0.508 e. The Morgan fingerprint density at radius 3 is 1.82 bits per heavy atom. The van der Waals surface area contributed by atoms with Gasteiger partial charge >= 0.3 is 27.3 Å². The average Bonchev–Trinajstić information content (AvgIpc) is 0.753. The molecule has 51 heteroatoms. The molecule has 27 N–H and O–H groups in total. The molecule has 142 heavy (non-hydrogen) atoms. The van der Waals surface area contributed by atoms with Crippen molar-refractivity contribution in [2.45, 2.75) is 219 Å². The van der Waals surface area contributed by atoms with Gasteiger partial charge in [-0.1, -0.05) is 103 Å². The van der Waals surface area contributed by atoms with E-state index in [2.05, 4.69) is 42.5 Å². The number of hydrogen-bond donors (Lipinski definition) is 25. The highest BCUT2D eigenvalue weighted by Crippen LogP contribution is 2.69. The van der Waals surface area contributed by atoms with Crippen molar-refractivity contribution in [1.29, 1.82) is 0 Å². The maximum Gasteiger partial charge on any atom is 0.410 e. The van der Waals surface area contributed by atoms with Gasteiger partial charge in [0.1, 0.15) is 89.5 Å². The summed E-state index contributed by atoms with van der Waals surface area (Å²) in [7, 11) is -10.7. The van der Waals surface area contributed by atoms with E-state index in [1.807, 2.05) is 41.7 Å². The number of phenolic OH excluding ortho intramolecular Hbond substituents is 3.